The Bertz CT molecular complexity index is 581. The van der Waals surface area contributed by atoms with Crippen LogP contribution in [0.25, 0.3) is 0 Å². The fourth-order valence-corrected chi connectivity index (χ4v) is 2.13. The van der Waals surface area contributed by atoms with Crippen LogP contribution in [0.3, 0.4) is 0 Å². The number of halogens is 1. The molecule has 2 aromatic rings. The maximum absolute atomic E-state index is 4.57. The molecule has 2 N–H and O–H groups in total. The molecule has 2 rings (SSSR count). The first kappa shape index (κ1) is 19.4. The van der Waals surface area contributed by atoms with Crippen molar-refractivity contribution >= 4 is 29.9 Å². The van der Waals surface area contributed by atoms with Gasteiger partial charge in [-0.05, 0) is 25.8 Å². The highest BCUT2D eigenvalue weighted by Crippen LogP contribution is 1.99. The van der Waals surface area contributed by atoms with E-state index in [1.165, 1.54) is 5.56 Å². The van der Waals surface area contributed by atoms with Gasteiger partial charge in [-0.1, -0.05) is 30.3 Å². The predicted molar refractivity (Wildman–Crippen MR) is 104 cm³/mol. The molecular formula is C16H25IN6. The zero-order valence-corrected chi connectivity index (χ0v) is 16.0. The second kappa shape index (κ2) is 11.0. The van der Waals surface area contributed by atoms with E-state index in [9.17, 15) is 0 Å². The summed E-state index contributed by atoms with van der Waals surface area (Å²) in [7, 11) is 0. The average Bonchev–Trinajstić information content (AvgIpc) is 3.01. The van der Waals surface area contributed by atoms with Crippen LogP contribution in [0.15, 0.2) is 41.7 Å². The molecular weight excluding hydrogens is 403 g/mol. The summed E-state index contributed by atoms with van der Waals surface area (Å²) in [5.74, 6) is 1.69. The van der Waals surface area contributed by atoms with E-state index in [4.69, 9.17) is 0 Å². The molecule has 1 heterocycles. The van der Waals surface area contributed by atoms with Crippen molar-refractivity contribution in [3.63, 3.8) is 0 Å². The van der Waals surface area contributed by atoms with Gasteiger partial charge in [0.1, 0.15) is 12.9 Å². The summed E-state index contributed by atoms with van der Waals surface area (Å²) >= 11 is 0. The number of rotatable bonds is 7. The third-order valence-electron chi connectivity index (χ3n) is 3.31. The lowest BCUT2D eigenvalue weighted by atomic mass is 10.1. The molecule has 126 valence electrons. The SMILES string of the molecule is CCNC(=NCc1nncn1CC)NCCc1ccccc1.I. The quantitative estimate of drug-likeness (QED) is 0.403. The summed E-state index contributed by atoms with van der Waals surface area (Å²) in [6.45, 7) is 7.18. The van der Waals surface area contributed by atoms with Gasteiger partial charge in [-0.2, -0.15) is 0 Å². The molecule has 0 aliphatic carbocycles. The predicted octanol–water partition coefficient (Wildman–Crippen LogP) is 2.21. The Balaban J connectivity index is 0.00000264. The number of nitrogens with one attached hydrogen (secondary N) is 2. The van der Waals surface area contributed by atoms with E-state index in [-0.39, 0.29) is 24.0 Å². The Kier molecular flexibility index (Phi) is 9.27. The number of guanidine groups is 1. The van der Waals surface area contributed by atoms with Gasteiger partial charge in [-0.3, -0.25) is 0 Å². The number of aryl methyl sites for hydroxylation is 1. The topological polar surface area (TPSA) is 67.1 Å². The zero-order chi connectivity index (χ0) is 15.6. The first-order chi connectivity index (χ1) is 10.8. The van der Waals surface area contributed by atoms with E-state index >= 15 is 0 Å². The minimum atomic E-state index is 0. The van der Waals surface area contributed by atoms with Crippen LogP contribution >= 0.6 is 24.0 Å². The van der Waals surface area contributed by atoms with Crippen LogP contribution in [0.2, 0.25) is 0 Å². The monoisotopic (exact) mass is 428 g/mol. The highest BCUT2D eigenvalue weighted by molar-refractivity contribution is 14.0. The molecule has 0 atom stereocenters. The fraction of sp³-hybridized carbons (Fsp3) is 0.438. The van der Waals surface area contributed by atoms with Crippen LogP contribution in [0.1, 0.15) is 25.2 Å². The Labute approximate surface area is 154 Å². The molecule has 0 unspecified atom stereocenters. The third-order valence-corrected chi connectivity index (χ3v) is 3.31. The molecule has 6 nitrogen and oxygen atoms in total. The van der Waals surface area contributed by atoms with E-state index in [2.05, 4.69) is 63.9 Å². The third kappa shape index (κ3) is 6.55. The molecule has 0 amide bonds. The van der Waals surface area contributed by atoms with Crippen molar-refractivity contribution in [1.82, 2.24) is 25.4 Å². The minimum absolute atomic E-state index is 0. The Hall–Kier alpha value is -1.64. The summed E-state index contributed by atoms with van der Waals surface area (Å²) in [6, 6.07) is 10.4. The molecule has 0 fully saturated rings. The van der Waals surface area contributed by atoms with E-state index < -0.39 is 0 Å². The van der Waals surface area contributed by atoms with Gasteiger partial charge in [-0.15, -0.1) is 34.2 Å². The van der Waals surface area contributed by atoms with Crippen LogP contribution in [0.4, 0.5) is 0 Å². The minimum Gasteiger partial charge on any atom is -0.357 e. The van der Waals surface area contributed by atoms with Crippen LogP contribution < -0.4 is 10.6 Å². The highest BCUT2D eigenvalue weighted by Gasteiger charge is 2.03. The maximum Gasteiger partial charge on any atom is 0.191 e. The summed E-state index contributed by atoms with van der Waals surface area (Å²) in [5, 5.41) is 14.6. The van der Waals surface area contributed by atoms with Crippen molar-refractivity contribution in [1.29, 1.82) is 0 Å². The second-order valence-corrected chi connectivity index (χ2v) is 4.89. The van der Waals surface area contributed by atoms with Gasteiger partial charge in [-0.25, -0.2) is 4.99 Å². The summed E-state index contributed by atoms with van der Waals surface area (Å²) in [6.07, 6.45) is 2.71. The molecule has 0 aliphatic rings. The molecule has 0 aliphatic heterocycles. The van der Waals surface area contributed by atoms with Gasteiger partial charge >= 0.3 is 0 Å². The highest BCUT2D eigenvalue weighted by atomic mass is 127. The number of hydrogen-bond acceptors (Lipinski definition) is 3. The standard InChI is InChI=1S/C16H24N6.HI/c1-3-17-16(18-11-10-14-8-6-5-7-9-14)19-12-15-21-20-13-22(15)4-2;/h5-9,13H,3-4,10-12H2,1-2H3,(H2,17,18,19);1H. The average molecular weight is 428 g/mol. The molecule has 7 heteroatoms. The van der Waals surface area contributed by atoms with Crippen LogP contribution in [0.5, 0.6) is 0 Å². The van der Waals surface area contributed by atoms with Gasteiger partial charge in [0.05, 0.1) is 0 Å². The van der Waals surface area contributed by atoms with Gasteiger partial charge in [0.2, 0.25) is 0 Å². The molecule has 0 spiro atoms. The molecule has 0 bridgehead atoms. The number of nitrogens with zero attached hydrogens (tertiary/aromatic N) is 4. The largest absolute Gasteiger partial charge is 0.357 e. The molecule has 0 radical (unpaired) electrons. The van der Waals surface area contributed by atoms with Crippen molar-refractivity contribution in [2.75, 3.05) is 13.1 Å². The Morgan fingerprint density at radius 2 is 1.96 bits per heavy atom. The summed E-state index contributed by atoms with van der Waals surface area (Å²) in [4.78, 5) is 4.57. The number of aromatic nitrogens is 3. The second-order valence-electron chi connectivity index (χ2n) is 4.89. The first-order valence-electron chi connectivity index (χ1n) is 7.76. The lowest BCUT2D eigenvalue weighted by Gasteiger charge is -2.11. The van der Waals surface area contributed by atoms with E-state index in [0.717, 1.165) is 37.8 Å². The van der Waals surface area contributed by atoms with Crippen LogP contribution in [-0.4, -0.2) is 33.8 Å². The van der Waals surface area contributed by atoms with Gasteiger partial charge in [0.15, 0.2) is 11.8 Å². The maximum atomic E-state index is 4.57. The van der Waals surface area contributed by atoms with E-state index in [1.54, 1.807) is 6.33 Å². The normalized spacial score (nSPS) is 11.0. The summed E-state index contributed by atoms with van der Waals surface area (Å²) < 4.78 is 2.00. The number of benzene rings is 1. The van der Waals surface area contributed by atoms with Gasteiger partial charge in [0, 0.05) is 19.6 Å². The molecule has 1 aromatic heterocycles. The Morgan fingerprint density at radius 1 is 1.17 bits per heavy atom. The van der Waals surface area contributed by atoms with Gasteiger partial charge < -0.3 is 15.2 Å². The molecule has 0 saturated heterocycles. The zero-order valence-electron chi connectivity index (χ0n) is 13.7. The van der Waals surface area contributed by atoms with Crippen LogP contribution in [0, 0.1) is 0 Å². The lowest BCUT2D eigenvalue weighted by Crippen LogP contribution is -2.38. The van der Waals surface area contributed by atoms with Crippen LogP contribution in [-0.2, 0) is 19.5 Å². The number of hydrogen-bond donors (Lipinski definition) is 2. The molecule has 0 saturated carbocycles. The van der Waals surface area contributed by atoms with Crippen molar-refractivity contribution in [2.24, 2.45) is 4.99 Å². The van der Waals surface area contributed by atoms with Gasteiger partial charge in [0.25, 0.3) is 0 Å². The fourth-order valence-electron chi connectivity index (χ4n) is 2.13. The molecule has 1 aromatic carbocycles. The van der Waals surface area contributed by atoms with E-state index in [0.29, 0.717) is 6.54 Å². The van der Waals surface area contributed by atoms with Crippen molar-refractivity contribution in [3.8, 4) is 0 Å². The number of aliphatic imine (C=N–C) groups is 1. The Morgan fingerprint density at radius 3 is 2.65 bits per heavy atom. The lowest BCUT2D eigenvalue weighted by molar-refractivity contribution is 0.693. The van der Waals surface area contributed by atoms with Crippen molar-refractivity contribution < 1.29 is 0 Å². The van der Waals surface area contributed by atoms with Crippen molar-refractivity contribution in [2.45, 2.75) is 33.4 Å². The summed E-state index contributed by atoms with van der Waals surface area (Å²) in [5.41, 5.74) is 1.32. The molecule has 23 heavy (non-hydrogen) atoms. The van der Waals surface area contributed by atoms with Crippen molar-refractivity contribution in [3.05, 3.63) is 48.0 Å². The van der Waals surface area contributed by atoms with E-state index in [1.807, 2.05) is 10.6 Å². The smallest absolute Gasteiger partial charge is 0.191 e. The first-order valence-corrected chi connectivity index (χ1v) is 7.76.